The Morgan fingerprint density at radius 1 is 1.22 bits per heavy atom. The largest absolute Gasteiger partial charge is 0.491 e. The summed E-state index contributed by atoms with van der Waals surface area (Å²) in [6, 6.07) is 8.28. The van der Waals surface area contributed by atoms with Gasteiger partial charge in [0.1, 0.15) is 5.75 Å². The van der Waals surface area contributed by atoms with Gasteiger partial charge in [-0.2, -0.15) is 0 Å². The average Bonchev–Trinajstić information content (AvgIpc) is 3.17. The van der Waals surface area contributed by atoms with Gasteiger partial charge in [0.2, 0.25) is 0 Å². The van der Waals surface area contributed by atoms with Crippen molar-refractivity contribution in [2.24, 2.45) is 10.9 Å². The summed E-state index contributed by atoms with van der Waals surface area (Å²) in [5, 5.41) is 6.68. The molecule has 1 unspecified atom stereocenters. The molecule has 2 N–H and O–H groups in total. The van der Waals surface area contributed by atoms with Crippen LogP contribution in [0.1, 0.15) is 32.3 Å². The van der Waals surface area contributed by atoms with Crippen molar-refractivity contribution >= 4 is 5.96 Å². The van der Waals surface area contributed by atoms with Crippen LogP contribution in [0, 0.1) is 5.92 Å². The Kier molecular flexibility index (Phi) is 10.0. The van der Waals surface area contributed by atoms with E-state index in [1.165, 1.54) is 5.56 Å². The fraction of sp³-hybridized carbons (Fsp3) is 0.667. The fourth-order valence-electron chi connectivity index (χ4n) is 2.90. The van der Waals surface area contributed by atoms with Crippen LogP contribution in [0.5, 0.6) is 5.75 Å². The quantitative estimate of drug-likeness (QED) is 0.353. The van der Waals surface area contributed by atoms with Crippen LogP contribution in [0.15, 0.2) is 29.3 Å². The second-order valence-electron chi connectivity index (χ2n) is 7.14. The lowest BCUT2D eigenvalue weighted by Gasteiger charge is -2.13. The van der Waals surface area contributed by atoms with Crippen molar-refractivity contribution in [3.05, 3.63) is 29.8 Å². The maximum absolute atomic E-state index is 5.72. The van der Waals surface area contributed by atoms with E-state index in [0.29, 0.717) is 5.92 Å². The van der Waals surface area contributed by atoms with Crippen LogP contribution in [0.4, 0.5) is 0 Å². The summed E-state index contributed by atoms with van der Waals surface area (Å²) in [7, 11) is 1.80. The van der Waals surface area contributed by atoms with Gasteiger partial charge in [0, 0.05) is 39.3 Å². The number of nitrogens with zero attached hydrogens (tertiary/aromatic N) is 1. The second kappa shape index (κ2) is 12.6. The zero-order chi connectivity index (χ0) is 19.3. The smallest absolute Gasteiger partial charge is 0.190 e. The molecule has 0 aliphatic carbocycles. The number of guanidine groups is 1. The van der Waals surface area contributed by atoms with Crippen molar-refractivity contribution in [1.29, 1.82) is 0 Å². The van der Waals surface area contributed by atoms with E-state index in [2.05, 4.69) is 27.8 Å². The summed E-state index contributed by atoms with van der Waals surface area (Å²) in [6.07, 6.45) is 3.23. The Labute approximate surface area is 163 Å². The van der Waals surface area contributed by atoms with Gasteiger partial charge < -0.3 is 24.8 Å². The number of hydrogen-bond donors (Lipinski definition) is 2. The van der Waals surface area contributed by atoms with Crippen LogP contribution in [0.25, 0.3) is 0 Å². The molecule has 27 heavy (non-hydrogen) atoms. The van der Waals surface area contributed by atoms with Gasteiger partial charge >= 0.3 is 0 Å². The predicted molar refractivity (Wildman–Crippen MR) is 110 cm³/mol. The molecule has 0 radical (unpaired) electrons. The van der Waals surface area contributed by atoms with Crippen molar-refractivity contribution in [3.8, 4) is 5.75 Å². The maximum Gasteiger partial charge on any atom is 0.190 e. The van der Waals surface area contributed by atoms with Crippen LogP contribution in [-0.2, 0) is 15.9 Å². The highest BCUT2D eigenvalue weighted by Crippen LogP contribution is 2.14. The molecule has 0 bridgehead atoms. The number of nitrogens with one attached hydrogen (secondary N) is 2. The molecule has 1 atom stereocenters. The van der Waals surface area contributed by atoms with Gasteiger partial charge in [-0.1, -0.05) is 12.1 Å². The minimum atomic E-state index is 0.203. The van der Waals surface area contributed by atoms with E-state index in [9.17, 15) is 0 Å². The first-order chi connectivity index (χ1) is 13.2. The molecule has 6 nitrogen and oxygen atoms in total. The lowest BCUT2D eigenvalue weighted by molar-refractivity contribution is 0.0888. The molecule has 0 saturated carbocycles. The normalized spacial score (nSPS) is 17.3. The first-order valence-corrected chi connectivity index (χ1v) is 10.0. The molecule has 0 amide bonds. The SMILES string of the molecule is CN=C(NCCCOCC1CCOC1)NCCc1ccc(OC(C)C)cc1. The molecule has 1 saturated heterocycles. The molecule has 1 aromatic carbocycles. The van der Waals surface area contributed by atoms with Crippen molar-refractivity contribution in [2.75, 3.05) is 46.6 Å². The van der Waals surface area contributed by atoms with Crippen LogP contribution in [0.2, 0.25) is 0 Å². The van der Waals surface area contributed by atoms with Gasteiger partial charge in [0.25, 0.3) is 0 Å². The molecule has 1 aromatic rings. The number of benzene rings is 1. The van der Waals surface area contributed by atoms with E-state index in [0.717, 1.165) is 70.5 Å². The molecular formula is C21H35N3O3. The number of hydrogen-bond acceptors (Lipinski definition) is 4. The van der Waals surface area contributed by atoms with E-state index < -0.39 is 0 Å². The van der Waals surface area contributed by atoms with Crippen molar-refractivity contribution in [3.63, 3.8) is 0 Å². The molecule has 2 rings (SSSR count). The standard InChI is InChI=1S/C21H35N3O3/c1-17(2)27-20-7-5-18(6-8-20)9-12-24-21(22-3)23-11-4-13-25-15-19-10-14-26-16-19/h5-8,17,19H,4,9-16H2,1-3H3,(H2,22,23,24). The van der Waals surface area contributed by atoms with Gasteiger partial charge in [-0.05, 0) is 50.8 Å². The summed E-state index contributed by atoms with van der Waals surface area (Å²) >= 11 is 0. The van der Waals surface area contributed by atoms with E-state index in [1.54, 1.807) is 7.05 Å². The second-order valence-corrected chi connectivity index (χ2v) is 7.14. The minimum absolute atomic E-state index is 0.203. The third kappa shape index (κ3) is 9.11. The summed E-state index contributed by atoms with van der Waals surface area (Å²) in [6.45, 7) is 9.07. The molecule has 6 heteroatoms. The summed E-state index contributed by atoms with van der Waals surface area (Å²) in [4.78, 5) is 4.26. The molecule has 0 aromatic heterocycles. The van der Waals surface area contributed by atoms with E-state index >= 15 is 0 Å². The molecule has 0 spiro atoms. The molecule has 152 valence electrons. The predicted octanol–water partition coefficient (Wildman–Crippen LogP) is 2.62. The van der Waals surface area contributed by atoms with Crippen LogP contribution >= 0.6 is 0 Å². The highest BCUT2D eigenvalue weighted by molar-refractivity contribution is 5.79. The Bertz CT molecular complexity index is 540. The van der Waals surface area contributed by atoms with Gasteiger partial charge in [0.15, 0.2) is 5.96 Å². The molecular weight excluding hydrogens is 342 g/mol. The van der Waals surface area contributed by atoms with E-state index in [4.69, 9.17) is 14.2 Å². The third-order valence-corrected chi connectivity index (χ3v) is 4.36. The first-order valence-electron chi connectivity index (χ1n) is 10.0. The van der Waals surface area contributed by atoms with Crippen LogP contribution in [-0.4, -0.2) is 58.6 Å². The van der Waals surface area contributed by atoms with Crippen LogP contribution in [0.3, 0.4) is 0 Å². The number of ether oxygens (including phenoxy) is 3. The monoisotopic (exact) mass is 377 g/mol. The lowest BCUT2D eigenvalue weighted by atomic mass is 10.1. The van der Waals surface area contributed by atoms with E-state index in [1.807, 2.05) is 26.0 Å². The van der Waals surface area contributed by atoms with Crippen molar-refractivity contribution < 1.29 is 14.2 Å². The number of aliphatic imine (C=N–C) groups is 1. The Morgan fingerprint density at radius 3 is 2.67 bits per heavy atom. The lowest BCUT2D eigenvalue weighted by Crippen LogP contribution is -2.39. The highest BCUT2D eigenvalue weighted by atomic mass is 16.5. The average molecular weight is 378 g/mol. The van der Waals surface area contributed by atoms with Gasteiger partial charge in [-0.15, -0.1) is 0 Å². The third-order valence-electron chi connectivity index (χ3n) is 4.36. The molecule has 1 aliphatic rings. The maximum atomic E-state index is 5.72. The number of rotatable bonds is 11. The van der Waals surface area contributed by atoms with Crippen molar-refractivity contribution in [1.82, 2.24) is 10.6 Å². The zero-order valence-corrected chi connectivity index (χ0v) is 17.0. The Morgan fingerprint density at radius 2 is 2.00 bits per heavy atom. The Hall–Kier alpha value is -1.79. The minimum Gasteiger partial charge on any atom is -0.491 e. The Balaban J connectivity index is 1.53. The molecule has 1 fully saturated rings. The summed E-state index contributed by atoms with van der Waals surface area (Å²) in [5.74, 6) is 2.33. The fourth-order valence-corrected chi connectivity index (χ4v) is 2.90. The van der Waals surface area contributed by atoms with Crippen LogP contribution < -0.4 is 15.4 Å². The van der Waals surface area contributed by atoms with Gasteiger partial charge in [-0.25, -0.2) is 0 Å². The first kappa shape index (κ1) is 21.5. The summed E-state index contributed by atoms with van der Waals surface area (Å²) < 4.78 is 16.7. The van der Waals surface area contributed by atoms with Gasteiger partial charge in [-0.3, -0.25) is 4.99 Å². The molecule has 1 heterocycles. The summed E-state index contributed by atoms with van der Waals surface area (Å²) in [5.41, 5.74) is 1.28. The zero-order valence-electron chi connectivity index (χ0n) is 17.0. The highest BCUT2D eigenvalue weighted by Gasteiger charge is 2.15. The molecule has 1 aliphatic heterocycles. The van der Waals surface area contributed by atoms with E-state index in [-0.39, 0.29) is 6.10 Å². The van der Waals surface area contributed by atoms with Gasteiger partial charge in [0.05, 0.1) is 19.3 Å². The van der Waals surface area contributed by atoms with Crippen molar-refractivity contribution in [2.45, 2.75) is 39.2 Å². The topological polar surface area (TPSA) is 64.1 Å².